The normalized spacial score (nSPS) is 15.3. The van der Waals surface area contributed by atoms with Gasteiger partial charge in [-0.05, 0) is 12.5 Å². The molecule has 1 saturated heterocycles. The van der Waals surface area contributed by atoms with E-state index in [-0.39, 0.29) is 18.1 Å². The maximum absolute atomic E-state index is 12.2. The van der Waals surface area contributed by atoms with Gasteiger partial charge in [-0.15, -0.1) is 0 Å². The quantitative estimate of drug-likeness (QED) is 0.609. The van der Waals surface area contributed by atoms with Crippen LogP contribution in [0.5, 0.6) is 0 Å². The number of amides is 1. The first kappa shape index (κ1) is 16.5. The first-order chi connectivity index (χ1) is 10.4. The van der Waals surface area contributed by atoms with Gasteiger partial charge < -0.3 is 14.5 Å². The fourth-order valence-corrected chi connectivity index (χ4v) is 2.94. The second kappa shape index (κ2) is 6.93. The number of benzene rings is 1. The topological polar surface area (TPSA) is 75.9 Å². The molecule has 0 spiro atoms. The number of nitrogens with zero attached hydrogens (tertiary/aromatic N) is 3. The number of hydrogen-bond acceptors (Lipinski definition) is 5. The van der Waals surface area contributed by atoms with Crippen molar-refractivity contribution in [1.82, 2.24) is 4.90 Å². The molecule has 1 fully saturated rings. The molecule has 1 aliphatic heterocycles. The maximum Gasteiger partial charge on any atom is 0.271 e. The van der Waals surface area contributed by atoms with Crippen LogP contribution >= 0.6 is 11.6 Å². The Morgan fingerprint density at radius 2 is 2.14 bits per heavy atom. The van der Waals surface area contributed by atoms with E-state index in [9.17, 15) is 14.9 Å². The Morgan fingerprint density at radius 1 is 1.41 bits per heavy atom. The van der Waals surface area contributed by atoms with Gasteiger partial charge in [0, 0.05) is 38.9 Å². The van der Waals surface area contributed by atoms with Crippen LogP contribution in [0.15, 0.2) is 12.1 Å². The summed E-state index contributed by atoms with van der Waals surface area (Å²) in [6.45, 7) is 4.25. The maximum atomic E-state index is 12.2. The summed E-state index contributed by atoms with van der Waals surface area (Å²) in [4.78, 5) is 26.1. The second-order valence-corrected chi connectivity index (χ2v) is 5.55. The van der Waals surface area contributed by atoms with E-state index in [1.807, 2.05) is 4.90 Å². The zero-order valence-electron chi connectivity index (χ0n) is 12.5. The van der Waals surface area contributed by atoms with Gasteiger partial charge in [0.25, 0.3) is 5.69 Å². The van der Waals surface area contributed by atoms with Crippen molar-refractivity contribution in [2.45, 2.75) is 6.92 Å². The van der Waals surface area contributed by atoms with Crippen LogP contribution in [0.25, 0.3) is 0 Å². The molecule has 0 N–H and O–H groups in total. The third kappa shape index (κ3) is 3.48. The first-order valence-corrected chi connectivity index (χ1v) is 7.28. The van der Waals surface area contributed by atoms with Crippen molar-refractivity contribution in [3.8, 4) is 0 Å². The zero-order valence-corrected chi connectivity index (χ0v) is 13.3. The van der Waals surface area contributed by atoms with Crippen LogP contribution in [0.4, 0.5) is 11.4 Å². The van der Waals surface area contributed by atoms with Crippen molar-refractivity contribution in [1.29, 1.82) is 0 Å². The molecule has 1 aromatic carbocycles. The molecule has 22 heavy (non-hydrogen) atoms. The fourth-order valence-electron chi connectivity index (χ4n) is 2.56. The molecular weight excluding hydrogens is 310 g/mol. The molecule has 1 heterocycles. The molecule has 0 unspecified atom stereocenters. The van der Waals surface area contributed by atoms with Crippen molar-refractivity contribution >= 4 is 28.9 Å². The number of nitro benzene ring substituents is 1. The molecule has 1 aromatic rings. The van der Waals surface area contributed by atoms with Crippen LogP contribution in [0.3, 0.4) is 0 Å². The Balaban J connectivity index is 2.17. The lowest BCUT2D eigenvalue weighted by Crippen LogP contribution is -2.51. The number of hydrogen-bond donors (Lipinski definition) is 0. The molecule has 0 saturated carbocycles. The van der Waals surface area contributed by atoms with Crippen LogP contribution in [-0.4, -0.2) is 55.6 Å². The molecular formula is C14H18ClN3O4. The number of rotatable bonds is 5. The minimum absolute atomic E-state index is 0.00267. The van der Waals surface area contributed by atoms with Gasteiger partial charge in [0.05, 0.1) is 28.8 Å². The van der Waals surface area contributed by atoms with Gasteiger partial charge in [0.1, 0.15) is 0 Å². The van der Waals surface area contributed by atoms with Crippen LogP contribution in [-0.2, 0) is 9.53 Å². The van der Waals surface area contributed by atoms with E-state index in [1.165, 1.54) is 12.1 Å². The number of ether oxygens (including phenoxy) is 1. The molecule has 120 valence electrons. The third-order valence-electron chi connectivity index (χ3n) is 3.65. The minimum atomic E-state index is -0.476. The first-order valence-electron chi connectivity index (χ1n) is 6.90. The molecule has 0 aliphatic carbocycles. The summed E-state index contributed by atoms with van der Waals surface area (Å²) < 4.78 is 4.99. The minimum Gasteiger partial charge on any atom is -0.383 e. The van der Waals surface area contributed by atoms with Gasteiger partial charge in [0.2, 0.25) is 5.91 Å². The summed E-state index contributed by atoms with van der Waals surface area (Å²) in [6, 6.07) is 2.80. The largest absolute Gasteiger partial charge is 0.383 e. The fraction of sp³-hybridized carbons (Fsp3) is 0.500. The van der Waals surface area contributed by atoms with E-state index < -0.39 is 4.92 Å². The number of carbonyl (C=O) groups is 1. The molecule has 0 aromatic heterocycles. The molecule has 0 radical (unpaired) electrons. The van der Waals surface area contributed by atoms with Crippen molar-refractivity contribution in [3.63, 3.8) is 0 Å². The van der Waals surface area contributed by atoms with Gasteiger partial charge in [-0.3, -0.25) is 14.9 Å². The highest BCUT2D eigenvalue weighted by Gasteiger charge is 2.27. The SMILES string of the molecule is COCCN1CCN(c2c(C)cc([N+](=O)[O-])cc2Cl)CC1=O. The van der Waals surface area contributed by atoms with Gasteiger partial charge in [-0.25, -0.2) is 0 Å². The molecule has 2 rings (SSSR count). The monoisotopic (exact) mass is 327 g/mol. The number of carbonyl (C=O) groups excluding carboxylic acids is 1. The highest BCUT2D eigenvalue weighted by atomic mass is 35.5. The summed E-state index contributed by atoms with van der Waals surface area (Å²) in [5.41, 5.74) is 1.33. The van der Waals surface area contributed by atoms with Crippen LogP contribution in [0.2, 0.25) is 5.02 Å². The molecule has 1 aliphatic rings. The van der Waals surface area contributed by atoms with Crippen LogP contribution in [0, 0.1) is 17.0 Å². The van der Waals surface area contributed by atoms with E-state index in [0.717, 1.165) is 0 Å². The third-order valence-corrected chi connectivity index (χ3v) is 3.94. The lowest BCUT2D eigenvalue weighted by Gasteiger charge is -2.36. The molecule has 0 bridgehead atoms. The molecule has 8 heteroatoms. The molecule has 1 amide bonds. The number of halogens is 1. The second-order valence-electron chi connectivity index (χ2n) is 5.15. The number of nitro groups is 1. The van der Waals surface area contributed by atoms with Crippen LogP contribution in [0.1, 0.15) is 5.56 Å². The van der Waals surface area contributed by atoms with Gasteiger partial charge in [-0.1, -0.05) is 11.6 Å². The summed E-state index contributed by atoms with van der Waals surface area (Å²) in [7, 11) is 1.60. The summed E-state index contributed by atoms with van der Waals surface area (Å²) in [5.74, 6) is -0.00267. The average molecular weight is 328 g/mol. The highest BCUT2D eigenvalue weighted by Crippen LogP contribution is 2.34. The van der Waals surface area contributed by atoms with Crippen LogP contribution < -0.4 is 4.90 Å². The van der Waals surface area contributed by atoms with Crippen molar-refractivity contribution < 1.29 is 14.5 Å². The Morgan fingerprint density at radius 3 is 2.68 bits per heavy atom. The Bertz CT molecular complexity index is 570. The predicted molar refractivity (Wildman–Crippen MR) is 83.5 cm³/mol. The zero-order chi connectivity index (χ0) is 16.3. The molecule has 0 atom stereocenters. The number of aryl methyl sites for hydroxylation is 1. The van der Waals surface area contributed by atoms with E-state index in [0.29, 0.717) is 42.5 Å². The average Bonchev–Trinajstić information content (AvgIpc) is 2.45. The van der Waals surface area contributed by atoms with E-state index in [1.54, 1.807) is 18.9 Å². The standard InChI is InChI=1S/C14H18ClN3O4/c1-10-7-11(18(20)21)8-12(15)14(10)17-4-3-16(5-6-22-2)13(19)9-17/h7-8H,3-6,9H2,1-2H3. The Labute approximate surface area is 133 Å². The number of piperazine rings is 1. The molecule has 7 nitrogen and oxygen atoms in total. The number of non-ortho nitro benzene ring substituents is 1. The van der Waals surface area contributed by atoms with Gasteiger partial charge in [0.15, 0.2) is 0 Å². The summed E-state index contributed by atoms with van der Waals surface area (Å²) >= 11 is 6.19. The lowest BCUT2D eigenvalue weighted by atomic mass is 10.1. The smallest absolute Gasteiger partial charge is 0.271 e. The highest BCUT2D eigenvalue weighted by molar-refractivity contribution is 6.33. The predicted octanol–water partition coefficient (Wildman–Crippen LogP) is 1.85. The Kier molecular flexibility index (Phi) is 5.20. The van der Waals surface area contributed by atoms with Crippen molar-refractivity contribution in [3.05, 3.63) is 32.8 Å². The van der Waals surface area contributed by atoms with E-state index in [4.69, 9.17) is 16.3 Å². The summed E-state index contributed by atoms with van der Waals surface area (Å²) in [6.07, 6.45) is 0. The Hall–Kier alpha value is -1.86. The number of methoxy groups -OCH3 is 1. The van der Waals surface area contributed by atoms with Gasteiger partial charge >= 0.3 is 0 Å². The van der Waals surface area contributed by atoms with Gasteiger partial charge in [-0.2, -0.15) is 0 Å². The van der Waals surface area contributed by atoms with E-state index >= 15 is 0 Å². The summed E-state index contributed by atoms with van der Waals surface area (Å²) in [5, 5.41) is 11.1. The van der Waals surface area contributed by atoms with E-state index in [2.05, 4.69) is 0 Å². The van der Waals surface area contributed by atoms with Crippen molar-refractivity contribution in [2.75, 3.05) is 44.8 Å². The van der Waals surface area contributed by atoms with Crippen molar-refractivity contribution in [2.24, 2.45) is 0 Å². The lowest BCUT2D eigenvalue weighted by molar-refractivity contribution is -0.384. The number of anilines is 1.